The van der Waals surface area contributed by atoms with E-state index in [2.05, 4.69) is 30.3 Å². The Hall–Kier alpha value is -3.86. The molecule has 0 amide bonds. The molecule has 0 bridgehead atoms. The molecule has 6 heteroatoms. The van der Waals surface area contributed by atoms with Crippen LogP contribution in [0.25, 0.3) is 54.9 Å². The summed E-state index contributed by atoms with van der Waals surface area (Å²) in [5, 5.41) is 14.2. The van der Waals surface area contributed by atoms with Gasteiger partial charge in [0.2, 0.25) is 0 Å². The van der Waals surface area contributed by atoms with Crippen LogP contribution < -0.4 is 0 Å². The van der Waals surface area contributed by atoms with Crippen LogP contribution >= 0.6 is 0 Å². The number of hydrogen-bond acceptors (Lipinski definition) is 4. The third-order valence-corrected chi connectivity index (χ3v) is 6.67. The summed E-state index contributed by atoms with van der Waals surface area (Å²) >= 11 is 0. The molecule has 2 aromatic heterocycles. The van der Waals surface area contributed by atoms with Gasteiger partial charge in [0.15, 0.2) is 5.78 Å². The molecule has 0 atom stereocenters. The second kappa shape index (κ2) is 12.1. The van der Waals surface area contributed by atoms with Crippen molar-refractivity contribution in [2.75, 3.05) is 0 Å². The second-order valence-electron chi connectivity index (χ2n) is 10.1. The molecule has 0 saturated carbocycles. The minimum absolute atomic E-state index is 0. The van der Waals surface area contributed by atoms with E-state index in [0.717, 1.165) is 38.1 Å². The van der Waals surface area contributed by atoms with E-state index >= 15 is 0 Å². The van der Waals surface area contributed by atoms with Crippen molar-refractivity contribution in [3.63, 3.8) is 0 Å². The first-order valence-electron chi connectivity index (χ1n) is 13.0. The number of pyridine rings is 1. The first-order valence-corrected chi connectivity index (χ1v) is 13.0. The normalized spacial score (nSPS) is 11.7. The molecule has 1 N–H and O–H groups in total. The van der Waals surface area contributed by atoms with Crippen molar-refractivity contribution in [2.24, 2.45) is 11.8 Å². The second-order valence-corrected chi connectivity index (χ2v) is 10.1. The summed E-state index contributed by atoms with van der Waals surface area (Å²) in [6.07, 6.45) is 1.31. The fraction of sp³-hybridized carbons (Fsp3) is 0.176. The van der Waals surface area contributed by atoms with Gasteiger partial charge in [0.05, 0.1) is 11.3 Å². The van der Waals surface area contributed by atoms with Crippen LogP contribution in [0.3, 0.4) is 0 Å². The molecule has 4 nitrogen and oxygen atoms in total. The number of ketones is 1. The summed E-state index contributed by atoms with van der Waals surface area (Å²) in [6, 6.07) is 27.9. The van der Waals surface area contributed by atoms with Crippen LogP contribution in [0.5, 0.6) is 0 Å². The number of aromatic nitrogens is 1. The van der Waals surface area contributed by atoms with E-state index in [-0.39, 0.29) is 49.3 Å². The van der Waals surface area contributed by atoms with Crippen LogP contribution in [-0.2, 0) is 24.9 Å². The van der Waals surface area contributed by atoms with Crippen LogP contribution in [0.4, 0.5) is 4.39 Å². The third kappa shape index (κ3) is 5.69. The Morgan fingerprint density at radius 2 is 1.62 bits per heavy atom. The zero-order valence-corrected chi connectivity index (χ0v) is 25.1. The van der Waals surface area contributed by atoms with E-state index in [1.165, 1.54) is 18.2 Å². The molecule has 6 rings (SSSR count). The number of furan rings is 1. The van der Waals surface area contributed by atoms with Crippen molar-refractivity contribution < 1.29 is 38.8 Å². The van der Waals surface area contributed by atoms with Gasteiger partial charge in [-0.1, -0.05) is 58.0 Å². The molecular weight excluding hydrogens is 682 g/mol. The van der Waals surface area contributed by atoms with Crippen LogP contribution in [0, 0.1) is 23.7 Å². The van der Waals surface area contributed by atoms with Crippen molar-refractivity contribution in [1.29, 1.82) is 0 Å². The van der Waals surface area contributed by atoms with Gasteiger partial charge in [-0.15, -0.1) is 35.9 Å². The van der Waals surface area contributed by atoms with Gasteiger partial charge in [-0.3, -0.25) is 9.78 Å². The first-order chi connectivity index (χ1) is 18.7. The van der Waals surface area contributed by atoms with Crippen molar-refractivity contribution in [3.05, 3.63) is 103 Å². The molecule has 0 fully saturated rings. The number of halogens is 1. The number of allylic oxidation sites excluding steroid dienone is 2. The third-order valence-electron chi connectivity index (χ3n) is 6.67. The van der Waals surface area contributed by atoms with Gasteiger partial charge in [-0.25, -0.2) is 4.39 Å². The molecule has 1 radical (unpaired) electrons. The summed E-state index contributed by atoms with van der Waals surface area (Å²) in [7, 11) is 0. The topological polar surface area (TPSA) is 63.3 Å². The number of rotatable bonds is 4. The largest absolute Gasteiger partial charge is 0.512 e. The number of carbonyl (C=O) groups excluding carboxylic acids is 1. The van der Waals surface area contributed by atoms with E-state index in [4.69, 9.17) is 9.40 Å². The molecule has 0 saturated heterocycles. The summed E-state index contributed by atoms with van der Waals surface area (Å²) in [4.78, 5) is 15.8. The molecule has 205 valence electrons. The number of fused-ring (bicyclic) bond motifs is 7. The zero-order chi connectivity index (χ0) is 27.7. The first kappa shape index (κ1) is 29.1. The number of nitrogens with zero attached hydrogens (tertiary/aromatic N) is 1. The summed E-state index contributed by atoms with van der Waals surface area (Å²) in [5.74, 6) is -0.144. The monoisotopic (exact) mass is 711 g/mol. The van der Waals surface area contributed by atoms with Crippen LogP contribution in [0.1, 0.15) is 27.7 Å². The molecule has 0 spiro atoms. The smallest absolute Gasteiger partial charge is 0.161 e. The molecule has 0 aliphatic rings. The van der Waals surface area contributed by atoms with E-state index in [9.17, 15) is 14.3 Å². The predicted octanol–water partition coefficient (Wildman–Crippen LogP) is 9.20. The number of aliphatic hydroxyl groups excluding tert-OH is 1. The number of carbonyl (C=O) groups is 1. The molecule has 0 aliphatic heterocycles. The standard InChI is InChI=1S/C25H13FNO.C9H16O2.Ir/c26-17-11-13-19-21(14-17)27-23(16-7-2-1-3-8-16)25-22(19)20-12-10-15-6-4-5-9-18(15)24(20)28-25;1-6(2)8(10)5-9(11)7(3)4;/h1-7,9-14H;5-7,10H,1-4H3;/q-1;;/b;8-5-;. The summed E-state index contributed by atoms with van der Waals surface area (Å²) in [5.41, 5.74) is 3.63. The quantitative estimate of drug-likeness (QED) is 0.113. The van der Waals surface area contributed by atoms with Gasteiger partial charge >= 0.3 is 0 Å². The number of hydrogen-bond donors (Lipinski definition) is 1. The average Bonchev–Trinajstić information content (AvgIpc) is 3.33. The maximum atomic E-state index is 13.9. The minimum Gasteiger partial charge on any atom is -0.512 e. The van der Waals surface area contributed by atoms with Crippen LogP contribution in [0.2, 0.25) is 0 Å². The van der Waals surface area contributed by atoms with Gasteiger partial charge in [0.25, 0.3) is 0 Å². The SMILES string of the molecule is CC(C)C(=O)/C=C(\O)C(C)C.Fc1ccc2c(c1)nc(-c1[c-]cccc1)c1oc3c4ccccc4ccc3c12.[Ir]. The Kier molecular flexibility index (Phi) is 8.82. The summed E-state index contributed by atoms with van der Waals surface area (Å²) in [6.45, 7) is 7.32. The van der Waals surface area contributed by atoms with Crippen molar-refractivity contribution >= 4 is 49.4 Å². The van der Waals surface area contributed by atoms with Gasteiger partial charge in [-0.2, -0.15) is 0 Å². The molecule has 2 heterocycles. The molecule has 6 aromatic rings. The van der Waals surface area contributed by atoms with Crippen molar-refractivity contribution in [1.82, 2.24) is 4.98 Å². The van der Waals surface area contributed by atoms with Crippen LogP contribution in [0.15, 0.2) is 95.1 Å². The average molecular weight is 711 g/mol. The fourth-order valence-electron chi connectivity index (χ4n) is 4.44. The molecule has 4 aromatic carbocycles. The van der Waals surface area contributed by atoms with E-state index in [0.29, 0.717) is 16.8 Å². The van der Waals surface area contributed by atoms with Gasteiger partial charge in [-0.05, 0) is 29.7 Å². The zero-order valence-electron chi connectivity index (χ0n) is 22.7. The molecule has 40 heavy (non-hydrogen) atoms. The Morgan fingerprint density at radius 1 is 0.900 bits per heavy atom. The Bertz CT molecular complexity index is 1860. The van der Waals surface area contributed by atoms with E-state index in [1.54, 1.807) is 6.07 Å². The maximum absolute atomic E-state index is 13.9. The van der Waals surface area contributed by atoms with E-state index < -0.39 is 0 Å². The maximum Gasteiger partial charge on any atom is 0.161 e. The van der Waals surface area contributed by atoms with E-state index in [1.807, 2.05) is 64.1 Å². The van der Waals surface area contributed by atoms with Crippen molar-refractivity contribution in [3.8, 4) is 11.3 Å². The molecular formula is C34H29FIrNO3-. The Balaban J connectivity index is 0.000000266. The van der Waals surface area contributed by atoms with Gasteiger partial charge in [0.1, 0.15) is 17.0 Å². The minimum atomic E-state index is -0.305. The molecule has 0 unspecified atom stereocenters. The Morgan fingerprint density at radius 3 is 2.33 bits per heavy atom. The van der Waals surface area contributed by atoms with Gasteiger partial charge < -0.3 is 9.52 Å². The van der Waals surface area contributed by atoms with Crippen LogP contribution in [-0.4, -0.2) is 15.9 Å². The fourth-order valence-corrected chi connectivity index (χ4v) is 4.44. The number of benzene rings is 4. The summed E-state index contributed by atoms with van der Waals surface area (Å²) < 4.78 is 20.4. The van der Waals surface area contributed by atoms with Gasteiger partial charge in [0, 0.05) is 65.3 Å². The van der Waals surface area contributed by atoms with Crippen molar-refractivity contribution in [2.45, 2.75) is 27.7 Å². The molecule has 0 aliphatic carbocycles. The number of aliphatic hydroxyl groups is 1. The Labute approximate surface area is 245 Å². The predicted molar refractivity (Wildman–Crippen MR) is 156 cm³/mol.